The van der Waals surface area contributed by atoms with E-state index in [0.29, 0.717) is 17.7 Å². The molecule has 1 aromatic heterocycles. The van der Waals surface area contributed by atoms with Gasteiger partial charge in [-0.25, -0.2) is 4.39 Å². The predicted molar refractivity (Wildman–Crippen MR) is 109 cm³/mol. The van der Waals surface area contributed by atoms with E-state index in [1.54, 1.807) is 30.6 Å². The summed E-state index contributed by atoms with van der Waals surface area (Å²) in [5.74, 6) is 0.388. The number of fused-ring (bicyclic) bond motifs is 1. The molecule has 0 aliphatic carbocycles. The maximum absolute atomic E-state index is 12.9. The van der Waals surface area contributed by atoms with E-state index < -0.39 is 0 Å². The Morgan fingerprint density at radius 1 is 1.03 bits per heavy atom. The van der Waals surface area contributed by atoms with Crippen molar-refractivity contribution in [3.63, 3.8) is 0 Å². The molecule has 4 rings (SSSR count). The number of non-ortho nitro benzene ring substituents is 1. The molecule has 150 valence electrons. The van der Waals surface area contributed by atoms with Crippen molar-refractivity contribution in [1.29, 1.82) is 0 Å². The normalized spacial score (nSPS) is 14.9. The third-order valence-electron chi connectivity index (χ3n) is 5.17. The number of halogens is 1. The number of nitro benzene ring substituents is 1. The standard InChI is InChI=1S/C21H21FN4O3/c22-16-1-3-17(4-2-16)29-14-13-24-9-11-25(12-10-24)20-5-6-21(26(27)28)19-15-23-8-7-18(19)20/h1-8,15H,9-14H2. The van der Waals surface area contributed by atoms with E-state index in [9.17, 15) is 14.5 Å². The lowest BCUT2D eigenvalue weighted by molar-refractivity contribution is -0.383. The Hall–Kier alpha value is -3.26. The summed E-state index contributed by atoms with van der Waals surface area (Å²) in [5.41, 5.74) is 1.07. The number of rotatable bonds is 6. The van der Waals surface area contributed by atoms with Gasteiger partial charge in [0.25, 0.3) is 5.69 Å². The van der Waals surface area contributed by atoms with Crippen molar-refractivity contribution in [2.45, 2.75) is 0 Å². The summed E-state index contributed by atoms with van der Waals surface area (Å²) in [7, 11) is 0. The first-order chi connectivity index (χ1) is 14.1. The summed E-state index contributed by atoms with van der Waals surface area (Å²) < 4.78 is 18.6. The van der Waals surface area contributed by atoms with Crippen LogP contribution in [0.5, 0.6) is 5.75 Å². The molecule has 29 heavy (non-hydrogen) atoms. The Morgan fingerprint density at radius 2 is 1.79 bits per heavy atom. The van der Waals surface area contributed by atoms with Crippen LogP contribution in [0.15, 0.2) is 54.9 Å². The van der Waals surface area contributed by atoms with Gasteiger partial charge in [-0.05, 0) is 36.4 Å². The maximum Gasteiger partial charge on any atom is 0.278 e. The maximum atomic E-state index is 12.9. The zero-order valence-electron chi connectivity index (χ0n) is 15.8. The van der Waals surface area contributed by atoms with Crippen molar-refractivity contribution in [2.75, 3.05) is 44.2 Å². The van der Waals surface area contributed by atoms with Crippen molar-refractivity contribution in [1.82, 2.24) is 9.88 Å². The largest absolute Gasteiger partial charge is 0.492 e. The van der Waals surface area contributed by atoms with Gasteiger partial charge < -0.3 is 9.64 Å². The fourth-order valence-corrected chi connectivity index (χ4v) is 3.63. The summed E-state index contributed by atoms with van der Waals surface area (Å²) in [6.45, 7) is 4.72. The first-order valence-corrected chi connectivity index (χ1v) is 9.48. The van der Waals surface area contributed by atoms with Gasteiger partial charge in [0.2, 0.25) is 0 Å². The average Bonchev–Trinajstić information content (AvgIpc) is 2.75. The average molecular weight is 396 g/mol. The molecular weight excluding hydrogens is 375 g/mol. The summed E-state index contributed by atoms with van der Waals surface area (Å²) in [4.78, 5) is 19.5. The Labute approximate surface area is 167 Å². The van der Waals surface area contributed by atoms with Gasteiger partial charge in [0.05, 0.1) is 10.3 Å². The van der Waals surface area contributed by atoms with Gasteiger partial charge in [0, 0.05) is 62.3 Å². The molecule has 0 N–H and O–H groups in total. The van der Waals surface area contributed by atoms with Crippen LogP contribution < -0.4 is 9.64 Å². The van der Waals surface area contributed by atoms with Crippen molar-refractivity contribution in [2.24, 2.45) is 0 Å². The molecule has 0 unspecified atom stereocenters. The minimum Gasteiger partial charge on any atom is -0.492 e. The van der Waals surface area contributed by atoms with E-state index in [4.69, 9.17) is 4.74 Å². The van der Waals surface area contributed by atoms with Crippen LogP contribution in [0.25, 0.3) is 10.8 Å². The topological polar surface area (TPSA) is 71.7 Å². The minimum atomic E-state index is -0.368. The molecule has 2 aromatic carbocycles. The first-order valence-electron chi connectivity index (χ1n) is 9.48. The van der Waals surface area contributed by atoms with Crippen LogP contribution >= 0.6 is 0 Å². The third-order valence-corrected chi connectivity index (χ3v) is 5.17. The summed E-state index contributed by atoms with van der Waals surface area (Å²) in [6.07, 6.45) is 3.22. The second-order valence-electron chi connectivity index (χ2n) is 6.91. The highest BCUT2D eigenvalue weighted by Gasteiger charge is 2.21. The highest BCUT2D eigenvalue weighted by molar-refractivity contribution is 5.99. The lowest BCUT2D eigenvalue weighted by Crippen LogP contribution is -2.47. The number of pyridine rings is 1. The van der Waals surface area contributed by atoms with Crippen LogP contribution in [0, 0.1) is 15.9 Å². The predicted octanol–water partition coefficient (Wildman–Crippen LogP) is 3.48. The van der Waals surface area contributed by atoms with Crippen molar-refractivity contribution >= 4 is 22.1 Å². The molecule has 1 aliphatic heterocycles. The SMILES string of the molecule is O=[N+]([O-])c1ccc(N2CCN(CCOc3ccc(F)cc3)CC2)c2ccncc12. The fourth-order valence-electron chi connectivity index (χ4n) is 3.63. The monoisotopic (exact) mass is 396 g/mol. The Morgan fingerprint density at radius 3 is 2.52 bits per heavy atom. The Kier molecular flexibility index (Phi) is 5.53. The first kappa shape index (κ1) is 19.1. The van der Waals surface area contributed by atoms with E-state index in [1.807, 2.05) is 12.1 Å². The van der Waals surface area contributed by atoms with E-state index >= 15 is 0 Å². The number of benzene rings is 2. The molecule has 1 aliphatic rings. The quantitative estimate of drug-likeness (QED) is 0.469. The summed E-state index contributed by atoms with van der Waals surface area (Å²) in [6, 6.07) is 11.2. The van der Waals surface area contributed by atoms with Gasteiger partial charge in [-0.15, -0.1) is 0 Å². The molecule has 8 heteroatoms. The zero-order valence-corrected chi connectivity index (χ0v) is 15.8. The van der Waals surface area contributed by atoms with Crippen molar-refractivity contribution in [3.05, 3.63) is 70.8 Å². The molecule has 0 radical (unpaired) electrons. The highest BCUT2D eigenvalue weighted by atomic mass is 19.1. The molecule has 0 saturated carbocycles. The summed E-state index contributed by atoms with van der Waals surface area (Å²) >= 11 is 0. The van der Waals surface area contributed by atoms with Gasteiger partial charge in [0.15, 0.2) is 0 Å². The molecule has 1 fully saturated rings. The third kappa shape index (κ3) is 4.27. The number of hydrogen-bond donors (Lipinski definition) is 0. The molecule has 7 nitrogen and oxygen atoms in total. The van der Waals surface area contributed by atoms with Crippen molar-refractivity contribution in [3.8, 4) is 5.75 Å². The van der Waals surface area contributed by atoms with Crippen molar-refractivity contribution < 1.29 is 14.1 Å². The molecule has 2 heterocycles. The minimum absolute atomic E-state index is 0.0772. The lowest BCUT2D eigenvalue weighted by Gasteiger charge is -2.36. The van der Waals surface area contributed by atoms with Crippen LogP contribution in [0.4, 0.5) is 15.8 Å². The van der Waals surface area contributed by atoms with Crippen LogP contribution in [0.1, 0.15) is 0 Å². The molecule has 1 saturated heterocycles. The van der Waals surface area contributed by atoms with E-state index in [2.05, 4.69) is 14.8 Å². The smallest absolute Gasteiger partial charge is 0.278 e. The number of nitro groups is 1. The number of anilines is 1. The van der Waals surface area contributed by atoms with Gasteiger partial charge in [-0.2, -0.15) is 0 Å². The number of nitrogens with zero attached hydrogens (tertiary/aromatic N) is 4. The van der Waals surface area contributed by atoms with E-state index in [-0.39, 0.29) is 16.4 Å². The van der Waals surface area contributed by atoms with Crippen LogP contribution in [-0.4, -0.2) is 54.1 Å². The Bertz CT molecular complexity index is 1000. The van der Waals surface area contributed by atoms with E-state index in [0.717, 1.165) is 43.8 Å². The second kappa shape index (κ2) is 8.40. The molecule has 3 aromatic rings. The molecular formula is C21H21FN4O3. The van der Waals surface area contributed by atoms with Crippen LogP contribution in [0.2, 0.25) is 0 Å². The van der Waals surface area contributed by atoms with Gasteiger partial charge >= 0.3 is 0 Å². The lowest BCUT2D eigenvalue weighted by atomic mass is 10.1. The number of hydrogen-bond acceptors (Lipinski definition) is 6. The van der Waals surface area contributed by atoms with E-state index in [1.165, 1.54) is 12.1 Å². The summed E-state index contributed by atoms with van der Waals surface area (Å²) in [5, 5.41) is 12.7. The highest BCUT2D eigenvalue weighted by Crippen LogP contribution is 2.33. The number of aromatic nitrogens is 1. The molecule has 0 bridgehead atoms. The molecule has 0 spiro atoms. The van der Waals surface area contributed by atoms with Crippen LogP contribution in [-0.2, 0) is 0 Å². The molecule has 0 atom stereocenters. The zero-order chi connectivity index (χ0) is 20.2. The fraction of sp³-hybridized carbons (Fsp3) is 0.286. The second-order valence-corrected chi connectivity index (χ2v) is 6.91. The number of ether oxygens (including phenoxy) is 1. The van der Waals surface area contributed by atoms with Gasteiger partial charge in [-0.3, -0.25) is 20.0 Å². The van der Waals surface area contributed by atoms with Gasteiger partial charge in [0.1, 0.15) is 18.2 Å². The Balaban J connectivity index is 1.37. The van der Waals surface area contributed by atoms with Gasteiger partial charge in [-0.1, -0.05) is 0 Å². The number of piperazine rings is 1. The van der Waals surface area contributed by atoms with Crippen LogP contribution in [0.3, 0.4) is 0 Å². The molecule has 0 amide bonds.